The van der Waals surface area contributed by atoms with Gasteiger partial charge in [-0.15, -0.1) is 6.42 Å². The molecule has 0 bridgehead atoms. The Kier molecular flexibility index (Phi) is 3.65. The molecule has 0 unspecified atom stereocenters. The normalized spacial score (nSPS) is 14.4. The summed E-state index contributed by atoms with van der Waals surface area (Å²) in [5, 5.41) is 0. The highest BCUT2D eigenvalue weighted by Crippen LogP contribution is 2.41. The molecule has 96 valence electrons. The molecule has 2 nitrogen and oxygen atoms in total. The molecule has 18 heavy (non-hydrogen) atoms. The van der Waals surface area contributed by atoms with Crippen LogP contribution in [-0.4, -0.2) is 12.1 Å². The first kappa shape index (κ1) is 14.0. The molecule has 1 aromatic rings. The van der Waals surface area contributed by atoms with Gasteiger partial charge in [0.15, 0.2) is 0 Å². The summed E-state index contributed by atoms with van der Waals surface area (Å²) in [5.41, 5.74) is -3.74. The summed E-state index contributed by atoms with van der Waals surface area (Å²) in [6.07, 6.45) is -0.137. The van der Waals surface area contributed by atoms with Crippen LogP contribution in [0.1, 0.15) is 12.5 Å². The first-order valence-corrected chi connectivity index (χ1v) is 4.73. The Morgan fingerprint density at radius 3 is 2.11 bits per heavy atom. The Morgan fingerprint density at radius 1 is 1.28 bits per heavy atom. The average molecular weight is 260 g/mol. The maximum Gasteiger partial charge on any atom is 0.445 e. The van der Waals surface area contributed by atoms with Crippen LogP contribution in [0.4, 0.5) is 17.6 Å². The average Bonchev–Trinajstić information content (AvgIpc) is 2.25. The smallest absolute Gasteiger partial charge is 0.432 e. The van der Waals surface area contributed by atoms with Crippen LogP contribution in [0.5, 0.6) is 0 Å². The number of esters is 1. The van der Waals surface area contributed by atoms with Crippen LogP contribution in [0.15, 0.2) is 24.3 Å². The summed E-state index contributed by atoms with van der Waals surface area (Å²) in [6.45, 7) is 0.807. The number of rotatable bonds is 2. The Hall–Kier alpha value is -2.03. The van der Waals surface area contributed by atoms with Gasteiger partial charge < -0.3 is 4.74 Å². The molecule has 0 aliphatic rings. The number of hydrogen-bond donors (Lipinski definition) is 0. The Bertz CT molecular complexity index is 484. The fraction of sp³-hybridized carbons (Fsp3) is 0.250. The van der Waals surface area contributed by atoms with Crippen molar-refractivity contribution >= 4 is 5.97 Å². The molecule has 0 aromatic heterocycles. The van der Waals surface area contributed by atoms with Crippen LogP contribution < -0.4 is 0 Å². The fourth-order valence-corrected chi connectivity index (χ4v) is 1.38. The minimum atomic E-state index is -5.01. The molecular weight excluding hydrogens is 252 g/mol. The molecule has 1 rings (SSSR count). The molecule has 1 aromatic carbocycles. The SMILES string of the molecule is C#C[C@](OC(C)=O)(c1ccc(F)cc1)C(F)(F)F. The number of halogens is 4. The van der Waals surface area contributed by atoms with Crippen molar-refractivity contribution < 1.29 is 27.1 Å². The highest BCUT2D eigenvalue weighted by atomic mass is 19.4. The van der Waals surface area contributed by atoms with Gasteiger partial charge in [-0.25, -0.2) is 4.39 Å². The van der Waals surface area contributed by atoms with Crippen molar-refractivity contribution in [1.29, 1.82) is 0 Å². The summed E-state index contributed by atoms with van der Waals surface area (Å²) < 4.78 is 56.0. The van der Waals surface area contributed by atoms with Gasteiger partial charge in [0.2, 0.25) is 0 Å². The van der Waals surface area contributed by atoms with Gasteiger partial charge in [0.05, 0.1) is 0 Å². The van der Waals surface area contributed by atoms with Crippen molar-refractivity contribution in [3.05, 3.63) is 35.6 Å². The Labute approximate surface area is 101 Å². The van der Waals surface area contributed by atoms with Crippen molar-refractivity contribution in [1.82, 2.24) is 0 Å². The number of benzene rings is 1. The third-order valence-electron chi connectivity index (χ3n) is 2.15. The number of carbonyl (C=O) groups excluding carboxylic acids is 1. The zero-order chi connectivity index (χ0) is 14.0. The van der Waals surface area contributed by atoms with Crippen molar-refractivity contribution in [2.75, 3.05) is 0 Å². The van der Waals surface area contributed by atoms with E-state index in [-0.39, 0.29) is 0 Å². The largest absolute Gasteiger partial charge is 0.445 e. The summed E-state index contributed by atoms with van der Waals surface area (Å²) in [4.78, 5) is 10.8. The van der Waals surface area contributed by atoms with Crippen molar-refractivity contribution in [2.24, 2.45) is 0 Å². The molecule has 0 heterocycles. The van der Waals surface area contributed by atoms with Crippen molar-refractivity contribution in [3.8, 4) is 12.3 Å². The molecule has 0 spiro atoms. The Balaban J connectivity index is 3.41. The minimum Gasteiger partial charge on any atom is -0.432 e. The molecule has 0 fully saturated rings. The van der Waals surface area contributed by atoms with Gasteiger partial charge >= 0.3 is 12.1 Å². The monoisotopic (exact) mass is 260 g/mol. The minimum absolute atomic E-state index is 0.533. The number of terminal acetylenes is 1. The molecule has 0 saturated heterocycles. The summed E-state index contributed by atoms with van der Waals surface area (Å²) in [6, 6.07) is 3.25. The molecule has 0 saturated carbocycles. The van der Waals surface area contributed by atoms with Crippen molar-refractivity contribution in [3.63, 3.8) is 0 Å². The van der Waals surface area contributed by atoms with E-state index in [1.54, 1.807) is 0 Å². The fourth-order valence-electron chi connectivity index (χ4n) is 1.38. The highest BCUT2D eigenvalue weighted by molar-refractivity contribution is 5.67. The van der Waals surface area contributed by atoms with Crippen LogP contribution >= 0.6 is 0 Å². The molecule has 0 radical (unpaired) electrons. The van der Waals surface area contributed by atoms with E-state index in [1.807, 2.05) is 0 Å². The molecule has 0 amide bonds. The zero-order valence-electron chi connectivity index (χ0n) is 9.22. The van der Waals surface area contributed by atoms with E-state index in [4.69, 9.17) is 6.42 Å². The number of carbonyl (C=O) groups is 1. The summed E-state index contributed by atoms with van der Waals surface area (Å²) in [7, 11) is 0. The summed E-state index contributed by atoms with van der Waals surface area (Å²) >= 11 is 0. The topological polar surface area (TPSA) is 26.3 Å². The quantitative estimate of drug-likeness (QED) is 0.464. The Morgan fingerprint density at radius 2 is 1.78 bits per heavy atom. The van der Waals surface area contributed by atoms with Gasteiger partial charge in [-0.3, -0.25) is 4.79 Å². The lowest BCUT2D eigenvalue weighted by atomic mass is 9.93. The number of hydrogen-bond acceptors (Lipinski definition) is 2. The van der Waals surface area contributed by atoms with Crippen LogP contribution in [0.3, 0.4) is 0 Å². The maximum atomic E-state index is 13.0. The van der Waals surface area contributed by atoms with Gasteiger partial charge in [0, 0.05) is 12.5 Å². The van der Waals surface area contributed by atoms with E-state index in [0.717, 1.165) is 31.2 Å². The molecule has 1 atom stereocenters. The van der Waals surface area contributed by atoms with E-state index in [1.165, 1.54) is 5.92 Å². The first-order chi connectivity index (χ1) is 8.23. The van der Waals surface area contributed by atoms with Gasteiger partial charge in [-0.1, -0.05) is 12.1 Å². The van der Waals surface area contributed by atoms with E-state index < -0.39 is 29.1 Å². The van der Waals surface area contributed by atoms with Gasteiger partial charge in [0.1, 0.15) is 5.82 Å². The van der Waals surface area contributed by atoms with E-state index in [0.29, 0.717) is 0 Å². The van der Waals surface area contributed by atoms with Crippen LogP contribution in [0.2, 0.25) is 0 Å². The summed E-state index contributed by atoms with van der Waals surface area (Å²) in [5.74, 6) is -0.481. The second-order valence-electron chi connectivity index (χ2n) is 3.42. The first-order valence-electron chi connectivity index (χ1n) is 4.73. The van der Waals surface area contributed by atoms with Crippen LogP contribution in [0, 0.1) is 18.2 Å². The zero-order valence-corrected chi connectivity index (χ0v) is 9.22. The van der Waals surface area contributed by atoms with Crippen LogP contribution in [0.25, 0.3) is 0 Å². The molecule has 0 aliphatic carbocycles. The standard InChI is InChI=1S/C12H8F4O2/c1-3-11(12(14,15)16,18-8(2)17)9-4-6-10(13)7-5-9/h1,4-7H,2H3/t11-/m0/s1. The van der Waals surface area contributed by atoms with Gasteiger partial charge in [0.25, 0.3) is 5.60 Å². The lowest BCUT2D eigenvalue weighted by Gasteiger charge is -2.30. The lowest BCUT2D eigenvalue weighted by Crippen LogP contribution is -2.44. The van der Waals surface area contributed by atoms with Gasteiger partial charge in [-0.2, -0.15) is 13.2 Å². The van der Waals surface area contributed by atoms with E-state index in [2.05, 4.69) is 4.74 Å². The van der Waals surface area contributed by atoms with E-state index in [9.17, 15) is 22.4 Å². The van der Waals surface area contributed by atoms with Gasteiger partial charge in [-0.05, 0) is 18.1 Å². The van der Waals surface area contributed by atoms with E-state index >= 15 is 0 Å². The second-order valence-corrected chi connectivity index (χ2v) is 3.42. The van der Waals surface area contributed by atoms with Crippen LogP contribution in [-0.2, 0) is 15.1 Å². The third-order valence-corrected chi connectivity index (χ3v) is 2.15. The molecule has 0 aliphatic heterocycles. The molecule has 6 heteroatoms. The number of alkyl halides is 3. The van der Waals surface area contributed by atoms with Crippen molar-refractivity contribution in [2.45, 2.75) is 18.7 Å². The molecular formula is C12H8F4O2. The third kappa shape index (κ3) is 2.45. The molecule has 0 N–H and O–H groups in total. The number of ether oxygens (including phenoxy) is 1. The lowest BCUT2D eigenvalue weighted by molar-refractivity contribution is -0.252. The predicted octanol–water partition coefficient (Wildman–Crippen LogP) is 2.78. The maximum absolute atomic E-state index is 13.0. The second kappa shape index (κ2) is 4.69. The predicted molar refractivity (Wildman–Crippen MR) is 54.7 cm³/mol. The highest BCUT2D eigenvalue weighted by Gasteiger charge is 2.58.